The van der Waals surface area contributed by atoms with Crippen molar-refractivity contribution >= 4 is 0 Å². The second-order valence-corrected chi connectivity index (χ2v) is 2.79. The van der Waals surface area contributed by atoms with Crippen molar-refractivity contribution in [3.63, 3.8) is 0 Å². The second-order valence-electron chi connectivity index (χ2n) is 2.79. The predicted molar refractivity (Wildman–Crippen MR) is 50.5 cm³/mol. The fraction of sp³-hybridized carbons (Fsp3) is 0.400. The number of benzene rings is 1. The summed E-state index contributed by atoms with van der Waals surface area (Å²) in [6, 6.07) is 7.08. The number of para-hydroxylation sites is 1. The minimum Gasteiger partial charge on any atom is -0.492 e. The molecule has 0 aliphatic rings. The molecular weight excluding hydrogens is 169 g/mol. The van der Waals surface area contributed by atoms with Crippen molar-refractivity contribution in [3.8, 4) is 5.75 Å². The topological polar surface area (TPSA) is 35.2 Å². The summed E-state index contributed by atoms with van der Waals surface area (Å²) in [7, 11) is 0. The molecule has 1 unspecified atom stereocenters. The molecule has 0 fully saturated rings. The Morgan fingerprint density at radius 2 is 2.15 bits per heavy atom. The van der Waals surface area contributed by atoms with Crippen LogP contribution in [0.2, 0.25) is 0 Å². The molecule has 3 heteroatoms. The molecule has 0 spiro atoms. The van der Waals surface area contributed by atoms with E-state index < -0.39 is 6.17 Å². The Hall–Kier alpha value is -1.09. The van der Waals surface area contributed by atoms with Gasteiger partial charge >= 0.3 is 0 Å². The summed E-state index contributed by atoms with van der Waals surface area (Å²) >= 11 is 0. The number of hydrogen-bond acceptors (Lipinski definition) is 2. The highest BCUT2D eigenvalue weighted by atomic mass is 19.1. The maximum absolute atomic E-state index is 13.0. The van der Waals surface area contributed by atoms with Gasteiger partial charge in [-0.05, 0) is 13.0 Å². The zero-order valence-corrected chi connectivity index (χ0v) is 7.66. The Morgan fingerprint density at radius 1 is 1.46 bits per heavy atom. The molecule has 1 aromatic rings. The van der Waals surface area contributed by atoms with Crippen LogP contribution in [0.4, 0.5) is 4.39 Å². The number of nitrogens with two attached hydrogens (primary N) is 1. The molecule has 1 atom stereocenters. The summed E-state index contributed by atoms with van der Waals surface area (Å²) in [5.74, 6) is 0.586. The molecule has 0 aliphatic carbocycles. The Morgan fingerprint density at radius 3 is 2.77 bits per heavy atom. The molecule has 0 saturated heterocycles. The van der Waals surface area contributed by atoms with Crippen LogP contribution in [0.3, 0.4) is 0 Å². The van der Waals surface area contributed by atoms with Crippen LogP contribution in [0.5, 0.6) is 5.75 Å². The van der Waals surface area contributed by atoms with E-state index in [-0.39, 0.29) is 0 Å². The summed E-state index contributed by atoms with van der Waals surface area (Å²) in [5, 5.41) is 0. The second kappa shape index (κ2) is 4.82. The quantitative estimate of drug-likeness (QED) is 0.775. The van der Waals surface area contributed by atoms with Gasteiger partial charge in [0.25, 0.3) is 0 Å². The smallest absolute Gasteiger partial charge is 0.126 e. The first-order valence-electron chi connectivity index (χ1n) is 4.31. The first kappa shape index (κ1) is 9.99. The molecule has 13 heavy (non-hydrogen) atoms. The van der Waals surface area contributed by atoms with Crippen LogP contribution < -0.4 is 10.5 Å². The van der Waals surface area contributed by atoms with Gasteiger partial charge in [-0.15, -0.1) is 0 Å². The molecular formula is C10H14FNO. The standard InChI is InChI=1S/C10H14FNO/c1-8(11)9-4-2-3-5-10(9)13-7-6-12/h2-5,8H,6-7,12H2,1H3. The van der Waals surface area contributed by atoms with Crippen molar-refractivity contribution in [3.05, 3.63) is 29.8 Å². The third-order valence-corrected chi connectivity index (χ3v) is 1.72. The van der Waals surface area contributed by atoms with E-state index >= 15 is 0 Å². The zero-order chi connectivity index (χ0) is 9.68. The maximum Gasteiger partial charge on any atom is 0.126 e. The van der Waals surface area contributed by atoms with E-state index in [1.54, 1.807) is 18.2 Å². The number of halogens is 1. The van der Waals surface area contributed by atoms with Gasteiger partial charge in [0, 0.05) is 12.1 Å². The fourth-order valence-electron chi connectivity index (χ4n) is 1.11. The van der Waals surface area contributed by atoms with Crippen LogP contribution in [0.15, 0.2) is 24.3 Å². The lowest BCUT2D eigenvalue weighted by Gasteiger charge is -2.10. The van der Waals surface area contributed by atoms with Gasteiger partial charge < -0.3 is 10.5 Å². The van der Waals surface area contributed by atoms with Crippen molar-refractivity contribution in [1.82, 2.24) is 0 Å². The molecule has 72 valence electrons. The molecule has 0 heterocycles. The van der Waals surface area contributed by atoms with Crippen molar-refractivity contribution in [2.75, 3.05) is 13.2 Å². The molecule has 0 radical (unpaired) electrons. The summed E-state index contributed by atoms with van der Waals surface area (Å²) in [5.41, 5.74) is 5.86. The van der Waals surface area contributed by atoms with Crippen LogP contribution in [-0.4, -0.2) is 13.2 Å². The van der Waals surface area contributed by atoms with Gasteiger partial charge in [-0.2, -0.15) is 0 Å². The van der Waals surface area contributed by atoms with E-state index in [0.717, 1.165) is 0 Å². The SMILES string of the molecule is CC(F)c1ccccc1OCCN. The van der Waals surface area contributed by atoms with Gasteiger partial charge in [0.15, 0.2) is 0 Å². The van der Waals surface area contributed by atoms with Gasteiger partial charge in [-0.25, -0.2) is 4.39 Å². The minimum atomic E-state index is -1.01. The average molecular weight is 183 g/mol. The minimum absolute atomic E-state index is 0.420. The number of rotatable bonds is 4. The third-order valence-electron chi connectivity index (χ3n) is 1.72. The van der Waals surface area contributed by atoms with E-state index in [4.69, 9.17) is 10.5 Å². The van der Waals surface area contributed by atoms with Crippen molar-refractivity contribution in [2.45, 2.75) is 13.1 Å². The monoisotopic (exact) mass is 183 g/mol. The van der Waals surface area contributed by atoms with E-state index in [0.29, 0.717) is 24.5 Å². The van der Waals surface area contributed by atoms with Crippen molar-refractivity contribution < 1.29 is 9.13 Å². The summed E-state index contributed by atoms with van der Waals surface area (Å²) in [4.78, 5) is 0. The molecule has 2 N–H and O–H groups in total. The third kappa shape index (κ3) is 2.70. The Balaban J connectivity index is 2.78. The van der Waals surface area contributed by atoms with Crippen LogP contribution in [0.25, 0.3) is 0 Å². The predicted octanol–water partition coefficient (Wildman–Crippen LogP) is 2.05. The van der Waals surface area contributed by atoms with E-state index in [1.807, 2.05) is 6.07 Å². The molecule has 0 bridgehead atoms. The van der Waals surface area contributed by atoms with Crippen LogP contribution in [0.1, 0.15) is 18.7 Å². The maximum atomic E-state index is 13.0. The van der Waals surface area contributed by atoms with Crippen LogP contribution in [-0.2, 0) is 0 Å². The molecule has 0 aromatic heterocycles. The van der Waals surface area contributed by atoms with Gasteiger partial charge in [0.05, 0.1) is 0 Å². The highest BCUT2D eigenvalue weighted by Gasteiger charge is 2.08. The van der Waals surface area contributed by atoms with Crippen LogP contribution >= 0.6 is 0 Å². The lowest BCUT2D eigenvalue weighted by atomic mass is 10.1. The van der Waals surface area contributed by atoms with Crippen molar-refractivity contribution in [1.29, 1.82) is 0 Å². The van der Waals surface area contributed by atoms with Gasteiger partial charge in [-0.1, -0.05) is 18.2 Å². The lowest BCUT2D eigenvalue weighted by Crippen LogP contribution is -2.11. The molecule has 1 rings (SSSR count). The molecule has 0 amide bonds. The fourth-order valence-corrected chi connectivity index (χ4v) is 1.11. The lowest BCUT2D eigenvalue weighted by molar-refractivity contribution is 0.305. The largest absolute Gasteiger partial charge is 0.492 e. The molecule has 0 aliphatic heterocycles. The summed E-state index contributed by atoms with van der Waals surface area (Å²) < 4.78 is 18.3. The van der Waals surface area contributed by atoms with E-state index in [9.17, 15) is 4.39 Å². The highest BCUT2D eigenvalue weighted by Crippen LogP contribution is 2.26. The molecule has 0 saturated carbocycles. The summed E-state index contributed by atoms with van der Waals surface area (Å²) in [6.45, 7) is 2.35. The number of ether oxygens (including phenoxy) is 1. The Labute approximate surface area is 77.5 Å². The highest BCUT2D eigenvalue weighted by molar-refractivity contribution is 5.34. The average Bonchev–Trinajstić information content (AvgIpc) is 2.15. The molecule has 2 nitrogen and oxygen atoms in total. The summed E-state index contributed by atoms with van der Waals surface area (Å²) in [6.07, 6.45) is -1.01. The van der Waals surface area contributed by atoms with Gasteiger partial charge in [0.2, 0.25) is 0 Å². The Bertz CT molecular complexity index is 263. The van der Waals surface area contributed by atoms with Crippen LogP contribution in [0, 0.1) is 0 Å². The number of hydrogen-bond donors (Lipinski definition) is 1. The van der Waals surface area contributed by atoms with E-state index in [2.05, 4.69) is 0 Å². The Kier molecular flexibility index (Phi) is 3.71. The van der Waals surface area contributed by atoms with Crippen molar-refractivity contribution in [2.24, 2.45) is 5.73 Å². The first-order chi connectivity index (χ1) is 6.25. The molecule has 1 aromatic carbocycles. The normalized spacial score (nSPS) is 12.5. The van der Waals surface area contributed by atoms with Gasteiger partial charge in [-0.3, -0.25) is 0 Å². The van der Waals surface area contributed by atoms with Gasteiger partial charge in [0.1, 0.15) is 18.5 Å². The number of alkyl halides is 1. The first-order valence-corrected chi connectivity index (χ1v) is 4.31. The zero-order valence-electron chi connectivity index (χ0n) is 7.66. The van der Waals surface area contributed by atoms with E-state index in [1.165, 1.54) is 6.92 Å².